The normalized spacial score (nSPS) is 11.5. The lowest BCUT2D eigenvalue weighted by Crippen LogP contribution is -2.39. The van der Waals surface area contributed by atoms with Crippen LogP contribution < -0.4 is 16.6 Å². The quantitative estimate of drug-likeness (QED) is 0.387. The Morgan fingerprint density at radius 1 is 1.06 bits per heavy atom. The third kappa shape index (κ3) is 5.63. The van der Waals surface area contributed by atoms with Crippen LogP contribution in [0.3, 0.4) is 0 Å². The van der Waals surface area contributed by atoms with Crippen LogP contribution in [0.4, 0.5) is 11.4 Å². The average Bonchev–Trinajstić information content (AvgIpc) is 2.78. The van der Waals surface area contributed by atoms with Crippen molar-refractivity contribution in [2.75, 3.05) is 11.1 Å². The molecule has 0 unspecified atom stereocenters. The number of carbonyl (C=O) groups is 1. The molecule has 172 valence electrons. The summed E-state index contributed by atoms with van der Waals surface area (Å²) in [6.45, 7) is 3.91. The van der Waals surface area contributed by atoms with Crippen LogP contribution in [0.1, 0.15) is 16.7 Å². The zero-order valence-corrected chi connectivity index (χ0v) is 21.0. The standard InChI is InChI=1S/C23H23BrN4O4S/c1-13-5-8-17(11-14(13)2)26-20(19-21(30)27(3)23(32)28(4)22(19)31)33-12-18(29)25-16-9-6-15(24)7-10-16/h5-11,30H,12H2,1-4H3,(H,25,29). The Bertz CT molecular complexity index is 1360. The molecule has 2 aromatic carbocycles. The predicted octanol–water partition coefficient (Wildman–Crippen LogP) is 3.62. The van der Waals surface area contributed by atoms with Gasteiger partial charge in [0.05, 0.1) is 11.4 Å². The summed E-state index contributed by atoms with van der Waals surface area (Å²) in [7, 11) is 2.69. The molecule has 33 heavy (non-hydrogen) atoms. The summed E-state index contributed by atoms with van der Waals surface area (Å²) in [4.78, 5) is 42.1. The minimum atomic E-state index is -0.695. The van der Waals surface area contributed by atoms with Gasteiger partial charge in [0.15, 0.2) is 0 Å². The van der Waals surface area contributed by atoms with Gasteiger partial charge < -0.3 is 10.4 Å². The molecule has 0 saturated heterocycles. The number of thioether (sulfide) groups is 1. The number of aryl methyl sites for hydroxylation is 2. The monoisotopic (exact) mass is 530 g/mol. The van der Waals surface area contributed by atoms with Crippen LogP contribution in [-0.2, 0) is 18.9 Å². The van der Waals surface area contributed by atoms with Crippen molar-refractivity contribution in [1.82, 2.24) is 9.13 Å². The number of hydrogen-bond donors (Lipinski definition) is 2. The number of nitrogens with zero attached hydrogens (tertiary/aromatic N) is 3. The minimum absolute atomic E-state index is 0.0643. The summed E-state index contributed by atoms with van der Waals surface area (Å²) in [6.07, 6.45) is 0. The second-order valence-corrected chi connectivity index (χ2v) is 9.31. The lowest BCUT2D eigenvalue weighted by Gasteiger charge is -2.13. The van der Waals surface area contributed by atoms with Gasteiger partial charge in [-0.25, -0.2) is 9.79 Å². The molecule has 1 aromatic heterocycles. The molecule has 0 bridgehead atoms. The summed E-state index contributed by atoms with van der Waals surface area (Å²) in [5.41, 5.74) is 1.77. The first-order chi connectivity index (χ1) is 15.6. The highest BCUT2D eigenvalue weighted by molar-refractivity contribution is 9.10. The molecule has 10 heteroatoms. The van der Waals surface area contributed by atoms with Crippen molar-refractivity contribution in [3.63, 3.8) is 0 Å². The van der Waals surface area contributed by atoms with Crippen LogP contribution in [0, 0.1) is 13.8 Å². The zero-order chi connectivity index (χ0) is 24.3. The molecule has 0 aliphatic heterocycles. The van der Waals surface area contributed by atoms with Gasteiger partial charge >= 0.3 is 5.69 Å². The van der Waals surface area contributed by atoms with Crippen LogP contribution in [0.2, 0.25) is 0 Å². The van der Waals surface area contributed by atoms with Crippen LogP contribution in [-0.4, -0.2) is 30.9 Å². The number of halogens is 1. The number of carbonyl (C=O) groups excluding carboxylic acids is 1. The molecule has 0 spiro atoms. The Balaban J connectivity index is 2.00. The first-order valence-corrected chi connectivity index (χ1v) is 11.7. The van der Waals surface area contributed by atoms with E-state index in [2.05, 4.69) is 26.2 Å². The Hall–Kier alpha value is -3.11. The van der Waals surface area contributed by atoms with Gasteiger partial charge in [0.2, 0.25) is 11.8 Å². The van der Waals surface area contributed by atoms with Gasteiger partial charge in [-0.15, -0.1) is 0 Å². The lowest BCUT2D eigenvalue weighted by atomic mass is 10.1. The highest BCUT2D eigenvalue weighted by atomic mass is 79.9. The molecule has 0 saturated carbocycles. The first kappa shape index (κ1) is 24.5. The fraction of sp³-hybridized carbons (Fsp3) is 0.217. The van der Waals surface area contributed by atoms with Gasteiger partial charge in [-0.3, -0.25) is 18.7 Å². The molecule has 1 heterocycles. The number of hydrogen-bond acceptors (Lipinski definition) is 6. The largest absolute Gasteiger partial charge is 0.494 e. The SMILES string of the molecule is Cc1ccc(N=C(SCC(=O)Nc2ccc(Br)cc2)c2c(O)n(C)c(=O)n(C)c2=O)cc1C. The highest BCUT2D eigenvalue weighted by Gasteiger charge is 2.22. The topological polar surface area (TPSA) is 106 Å². The Kier molecular flexibility index (Phi) is 7.60. The van der Waals surface area contributed by atoms with E-state index in [1.807, 2.05) is 38.1 Å². The third-order valence-corrected chi connectivity index (χ3v) is 6.54. The van der Waals surface area contributed by atoms with Crippen LogP contribution in [0.25, 0.3) is 0 Å². The molecular formula is C23H23BrN4O4S. The maximum absolute atomic E-state index is 12.9. The number of rotatable bonds is 5. The fourth-order valence-corrected chi connectivity index (χ4v) is 4.05. The van der Waals surface area contributed by atoms with Gasteiger partial charge in [-0.05, 0) is 61.4 Å². The van der Waals surface area contributed by atoms with Crippen molar-refractivity contribution in [1.29, 1.82) is 0 Å². The molecule has 0 radical (unpaired) electrons. The van der Waals surface area contributed by atoms with E-state index in [0.717, 1.165) is 36.5 Å². The maximum Gasteiger partial charge on any atom is 0.333 e. The molecule has 0 aliphatic rings. The van der Waals surface area contributed by atoms with Crippen LogP contribution in [0.15, 0.2) is 61.5 Å². The number of aromatic hydroxyl groups is 1. The molecule has 8 nitrogen and oxygen atoms in total. The van der Waals surface area contributed by atoms with Gasteiger partial charge in [0.25, 0.3) is 5.56 Å². The number of amides is 1. The summed E-state index contributed by atoms with van der Waals surface area (Å²) in [5.74, 6) is -0.881. The van der Waals surface area contributed by atoms with Crippen molar-refractivity contribution in [3.8, 4) is 5.88 Å². The molecule has 1 amide bonds. The zero-order valence-electron chi connectivity index (χ0n) is 18.5. The predicted molar refractivity (Wildman–Crippen MR) is 136 cm³/mol. The van der Waals surface area contributed by atoms with Crippen LogP contribution >= 0.6 is 27.7 Å². The summed E-state index contributed by atoms with van der Waals surface area (Å²) in [5, 5.41) is 13.5. The van der Waals surface area contributed by atoms with E-state index >= 15 is 0 Å². The second kappa shape index (κ2) is 10.2. The van der Waals surface area contributed by atoms with Crippen molar-refractivity contribution >= 4 is 50.0 Å². The van der Waals surface area contributed by atoms with Gasteiger partial charge in [0.1, 0.15) is 10.6 Å². The Morgan fingerprint density at radius 3 is 2.36 bits per heavy atom. The number of anilines is 1. The number of nitrogens with one attached hydrogen (secondary N) is 1. The van der Waals surface area contributed by atoms with E-state index in [1.165, 1.54) is 14.1 Å². The number of benzene rings is 2. The van der Waals surface area contributed by atoms with Crippen molar-refractivity contribution in [2.24, 2.45) is 19.1 Å². The minimum Gasteiger partial charge on any atom is -0.494 e. The molecule has 0 atom stereocenters. The molecule has 3 aromatic rings. The molecule has 0 aliphatic carbocycles. The van der Waals surface area contributed by atoms with Gasteiger partial charge in [-0.1, -0.05) is 33.8 Å². The lowest BCUT2D eigenvalue weighted by molar-refractivity contribution is -0.113. The van der Waals surface area contributed by atoms with Gasteiger partial charge in [0, 0.05) is 24.3 Å². The maximum atomic E-state index is 12.9. The highest BCUT2D eigenvalue weighted by Crippen LogP contribution is 2.25. The van der Waals surface area contributed by atoms with E-state index in [1.54, 1.807) is 18.2 Å². The smallest absolute Gasteiger partial charge is 0.333 e. The molecule has 0 fully saturated rings. The van der Waals surface area contributed by atoms with Gasteiger partial charge in [-0.2, -0.15) is 0 Å². The fourth-order valence-electron chi connectivity index (χ4n) is 2.96. The van der Waals surface area contributed by atoms with E-state index in [9.17, 15) is 19.5 Å². The second-order valence-electron chi connectivity index (χ2n) is 7.43. The first-order valence-electron chi connectivity index (χ1n) is 9.92. The number of aromatic nitrogens is 2. The van der Waals surface area contributed by atoms with Crippen molar-refractivity contribution in [3.05, 3.63) is 84.5 Å². The third-order valence-electron chi connectivity index (χ3n) is 5.04. The van der Waals surface area contributed by atoms with Crippen LogP contribution in [0.5, 0.6) is 5.88 Å². The molecular weight excluding hydrogens is 508 g/mol. The average molecular weight is 531 g/mol. The summed E-state index contributed by atoms with van der Waals surface area (Å²) < 4.78 is 2.75. The van der Waals surface area contributed by atoms with Crippen molar-refractivity contribution in [2.45, 2.75) is 13.8 Å². The van der Waals surface area contributed by atoms with E-state index in [0.29, 0.717) is 11.4 Å². The van der Waals surface area contributed by atoms with Crippen molar-refractivity contribution < 1.29 is 9.90 Å². The summed E-state index contributed by atoms with van der Waals surface area (Å²) >= 11 is 4.35. The van der Waals surface area contributed by atoms with E-state index in [-0.39, 0.29) is 22.3 Å². The Labute approximate surface area is 203 Å². The Morgan fingerprint density at radius 2 is 1.73 bits per heavy atom. The molecule has 2 N–H and O–H groups in total. The van der Waals surface area contributed by atoms with E-state index in [4.69, 9.17) is 0 Å². The summed E-state index contributed by atoms with van der Waals surface area (Å²) in [6, 6.07) is 12.7. The number of aliphatic imine (C=N–C) groups is 1. The molecule has 3 rings (SSSR count). The van der Waals surface area contributed by atoms with E-state index < -0.39 is 17.1 Å².